The first-order chi connectivity index (χ1) is 13.0. The van der Waals surface area contributed by atoms with Gasteiger partial charge in [-0.05, 0) is 25.1 Å². The molecule has 0 fully saturated rings. The fraction of sp³-hybridized carbons (Fsp3) is 0.158. The number of nitrogens with zero attached hydrogens (tertiary/aromatic N) is 2. The van der Waals surface area contributed by atoms with E-state index in [0.717, 1.165) is 0 Å². The molecule has 27 heavy (non-hydrogen) atoms. The molecule has 2 aromatic carbocycles. The number of para-hydroxylation sites is 1. The Kier molecular flexibility index (Phi) is 4.08. The second kappa shape index (κ2) is 6.56. The van der Waals surface area contributed by atoms with Crippen LogP contribution in [0, 0.1) is 0 Å². The molecule has 0 aliphatic carbocycles. The lowest BCUT2D eigenvalue weighted by Crippen LogP contribution is -2.23. The Hall–Kier alpha value is -3.68. The summed E-state index contributed by atoms with van der Waals surface area (Å²) in [6, 6.07) is 10.0. The fourth-order valence-corrected chi connectivity index (χ4v) is 2.95. The van der Waals surface area contributed by atoms with Crippen LogP contribution in [0.1, 0.15) is 17.3 Å². The van der Waals surface area contributed by atoms with Crippen LogP contribution in [0.3, 0.4) is 0 Å². The van der Waals surface area contributed by atoms with Gasteiger partial charge in [0.05, 0.1) is 17.4 Å². The zero-order valence-corrected chi connectivity index (χ0v) is 14.4. The zero-order valence-electron chi connectivity index (χ0n) is 14.4. The number of carbonyl (C=O) groups excluding carboxylic acids is 2. The lowest BCUT2D eigenvalue weighted by molar-refractivity contribution is -0.116. The van der Waals surface area contributed by atoms with Gasteiger partial charge in [-0.25, -0.2) is 0 Å². The van der Waals surface area contributed by atoms with Gasteiger partial charge in [0.2, 0.25) is 18.1 Å². The Morgan fingerprint density at radius 3 is 2.70 bits per heavy atom. The smallest absolute Gasteiger partial charge is 0.246 e. The van der Waals surface area contributed by atoms with Crippen molar-refractivity contribution in [2.45, 2.75) is 13.5 Å². The van der Waals surface area contributed by atoms with Gasteiger partial charge in [0.25, 0.3) is 0 Å². The van der Waals surface area contributed by atoms with E-state index in [0.29, 0.717) is 33.7 Å². The maximum atomic E-state index is 12.6. The molecule has 0 saturated carbocycles. The van der Waals surface area contributed by atoms with Gasteiger partial charge in [0.15, 0.2) is 17.3 Å². The molecule has 0 saturated heterocycles. The molecular weight excluding hydrogens is 350 g/mol. The van der Waals surface area contributed by atoms with Crippen LogP contribution in [0.25, 0.3) is 10.9 Å². The molecule has 1 aromatic heterocycles. The molecule has 3 aromatic rings. The second-order valence-corrected chi connectivity index (χ2v) is 6.04. The maximum Gasteiger partial charge on any atom is 0.246 e. The fourth-order valence-electron chi connectivity index (χ4n) is 2.95. The summed E-state index contributed by atoms with van der Waals surface area (Å²) in [5.74, 6) is 0.321. The number of hydrogen-bond acceptors (Lipinski definition) is 6. The second-order valence-electron chi connectivity index (χ2n) is 6.04. The third-order valence-electron chi connectivity index (χ3n) is 4.22. The summed E-state index contributed by atoms with van der Waals surface area (Å²) in [5, 5.41) is 7.23. The van der Waals surface area contributed by atoms with E-state index in [2.05, 4.69) is 10.4 Å². The third kappa shape index (κ3) is 3.12. The molecule has 1 aliphatic heterocycles. The maximum absolute atomic E-state index is 12.6. The predicted molar refractivity (Wildman–Crippen MR) is 97.2 cm³/mol. The van der Waals surface area contributed by atoms with Gasteiger partial charge < -0.3 is 14.8 Å². The molecule has 0 unspecified atom stereocenters. The minimum Gasteiger partial charge on any atom is -0.454 e. The summed E-state index contributed by atoms with van der Waals surface area (Å²) >= 11 is 0. The summed E-state index contributed by atoms with van der Waals surface area (Å²) in [6.45, 7) is 1.36. The van der Waals surface area contributed by atoms with Crippen molar-refractivity contribution in [2.75, 3.05) is 12.1 Å². The number of hydrogen-bond donors (Lipinski definition) is 1. The average Bonchev–Trinajstić information content (AvgIpc) is 3.11. The van der Waals surface area contributed by atoms with Crippen molar-refractivity contribution in [1.29, 1.82) is 0 Å². The van der Waals surface area contributed by atoms with Crippen molar-refractivity contribution in [2.24, 2.45) is 0 Å². The zero-order chi connectivity index (χ0) is 19.0. The van der Waals surface area contributed by atoms with Gasteiger partial charge in [-0.1, -0.05) is 12.1 Å². The number of benzene rings is 2. The Morgan fingerprint density at radius 2 is 1.93 bits per heavy atom. The van der Waals surface area contributed by atoms with Crippen LogP contribution in [0.2, 0.25) is 0 Å². The van der Waals surface area contributed by atoms with E-state index in [1.165, 1.54) is 17.8 Å². The number of nitrogens with one attached hydrogen (secondary N) is 1. The minimum absolute atomic E-state index is 0.0668. The largest absolute Gasteiger partial charge is 0.454 e. The first-order valence-electron chi connectivity index (χ1n) is 8.22. The monoisotopic (exact) mass is 365 g/mol. The number of aromatic nitrogens is 2. The minimum atomic E-state index is -0.391. The summed E-state index contributed by atoms with van der Waals surface area (Å²) in [5.41, 5.74) is 1.00. The van der Waals surface area contributed by atoms with E-state index in [1.54, 1.807) is 36.4 Å². The predicted octanol–water partition coefficient (Wildman–Crippen LogP) is 1.97. The van der Waals surface area contributed by atoms with E-state index < -0.39 is 5.91 Å². The van der Waals surface area contributed by atoms with Gasteiger partial charge in [-0.2, -0.15) is 5.10 Å². The highest BCUT2D eigenvalue weighted by Crippen LogP contribution is 2.37. The first-order valence-corrected chi connectivity index (χ1v) is 8.22. The molecule has 0 spiro atoms. The molecule has 2 heterocycles. The van der Waals surface area contributed by atoms with Crippen LogP contribution >= 0.6 is 0 Å². The summed E-state index contributed by atoms with van der Waals surface area (Å²) < 4.78 is 12.0. The summed E-state index contributed by atoms with van der Waals surface area (Å²) in [6.07, 6.45) is 1.18. The number of ketones is 1. The summed E-state index contributed by atoms with van der Waals surface area (Å²) in [7, 11) is 0. The molecular formula is C19H15N3O5. The molecule has 1 aliphatic rings. The van der Waals surface area contributed by atoms with Crippen molar-refractivity contribution in [3.05, 3.63) is 58.4 Å². The van der Waals surface area contributed by atoms with Gasteiger partial charge in [0.1, 0.15) is 6.54 Å². The SMILES string of the molecule is CC(=O)c1cc2c(cc1NC(=O)Cn1ncc(=O)c3ccccc31)OCO2. The highest BCUT2D eigenvalue weighted by molar-refractivity contribution is 6.04. The van der Waals surface area contributed by atoms with Crippen LogP contribution in [-0.2, 0) is 11.3 Å². The normalized spacial score (nSPS) is 12.2. The number of ether oxygens (including phenoxy) is 2. The number of Topliss-reactive ketones (excluding diaryl/α,β-unsaturated/α-hetero) is 1. The molecule has 0 atom stereocenters. The number of carbonyl (C=O) groups is 2. The quantitative estimate of drug-likeness (QED) is 0.710. The average molecular weight is 365 g/mol. The van der Waals surface area contributed by atoms with Crippen molar-refractivity contribution in [1.82, 2.24) is 9.78 Å². The van der Waals surface area contributed by atoms with E-state index in [-0.39, 0.29) is 24.5 Å². The van der Waals surface area contributed by atoms with E-state index in [1.807, 2.05) is 0 Å². The molecule has 8 heteroatoms. The van der Waals surface area contributed by atoms with E-state index >= 15 is 0 Å². The lowest BCUT2D eigenvalue weighted by Gasteiger charge is -2.12. The van der Waals surface area contributed by atoms with Crippen molar-refractivity contribution in [3.8, 4) is 11.5 Å². The molecule has 0 radical (unpaired) electrons. The van der Waals surface area contributed by atoms with Gasteiger partial charge in [-0.3, -0.25) is 19.1 Å². The summed E-state index contributed by atoms with van der Waals surface area (Å²) in [4.78, 5) is 36.4. The van der Waals surface area contributed by atoms with Crippen molar-refractivity contribution < 1.29 is 19.1 Å². The van der Waals surface area contributed by atoms with Crippen LogP contribution in [0.15, 0.2) is 47.4 Å². The first kappa shape index (κ1) is 16.8. The molecule has 136 valence electrons. The molecule has 1 N–H and O–H groups in total. The Bertz CT molecular complexity index is 1140. The van der Waals surface area contributed by atoms with Gasteiger partial charge >= 0.3 is 0 Å². The van der Waals surface area contributed by atoms with Crippen LogP contribution < -0.4 is 20.2 Å². The standard InChI is InChI=1S/C19H15N3O5/c1-11(23)13-6-17-18(27-10-26-17)7-14(13)21-19(25)9-22-15-5-3-2-4-12(15)16(24)8-20-22/h2-8H,9-10H2,1H3,(H,21,25). The Morgan fingerprint density at radius 1 is 1.19 bits per heavy atom. The lowest BCUT2D eigenvalue weighted by atomic mass is 10.1. The van der Waals surface area contributed by atoms with E-state index in [4.69, 9.17) is 9.47 Å². The van der Waals surface area contributed by atoms with Crippen LogP contribution in [0.5, 0.6) is 11.5 Å². The van der Waals surface area contributed by atoms with Crippen LogP contribution in [-0.4, -0.2) is 28.3 Å². The number of amides is 1. The van der Waals surface area contributed by atoms with Crippen molar-refractivity contribution in [3.63, 3.8) is 0 Å². The number of rotatable bonds is 4. The van der Waals surface area contributed by atoms with Gasteiger partial charge in [0, 0.05) is 17.0 Å². The Labute approximate surface area is 153 Å². The van der Waals surface area contributed by atoms with Crippen molar-refractivity contribution >= 4 is 28.3 Å². The van der Waals surface area contributed by atoms with Crippen LogP contribution in [0.4, 0.5) is 5.69 Å². The molecule has 0 bridgehead atoms. The molecule has 4 rings (SSSR count). The third-order valence-corrected chi connectivity index (χ3v) is 4.22. The number of anilines is 1. The molecule has 8 nitrogen and oxygen atoms in total. The molecule has 1 amide bonds. The highest BCUT2D eigenvalue weighted by Gasteiger charge is 2.20. The highest BCUT2D eigenvalue weighted by atomic mass is 16.7. The topological polar surface area (TPSA) is 99.5 Å². The van der Waals surface area contributed by atoms with E-state index in [9.17, 15) is 14.4 Å². The van der Waals surface area contributed by atoms with Gasteiger partial charge in [-0.15, -0.1) is 0 Å². The number of fused-ring (bicyclic) bond motifs is 2. The Balaban J connectivity index is 1.64.